The molecule has 0 spiro atoms. The predicted octanol–water partition coefficient (Wildman–Crippen LogP) is 4.42. The number of amides is 2. The molecule has 0 saturated carbocycles. The summed E-state index contributed by atoms with van der Waals surface area (Å²) in [6.45, 7) is 7.88. The molecule has 5 nitrogen and oxygen atoms in total. The van der Waals surface area contributed by atoms with E-state index in [9.17, 15) is 9.18 Å². The van der Waals surface area contributed by atoms with E-state index in [0.717, 1.165) is 5.46 Å². The molecular weight excluding hydrogens is 369 g/mol. The molecule has 8 heteroatoms. The van der Waals surface area contributed by atoms with Gasteiger partial charge in [0.05, 0.1) is 21.9 Å². The number of halogens is 2. The van der Waals surface area contributed by atoms with Crippen LogP contribution in [-0.2, 0) is 9.31 Å². The van der Waals surface area contributed by atoms with Crippen molar-refractivity contribution in [2.24, 2.45) is 0 Å². The minimum Gasteiger partial charge on any atom is -0.399 e. The molecule has 0 bridgehead atoms. The van der Waals surface area contributed by atoms with Gasteiger partial charge in [0, 0.05) is 5.69 Å². The lowest BCUT2D eigenvalue weighted by Gasteiger charge is -2.32. The lowest BCUT2D eigenvalue weighted by Crippen LogP contribution is -2.41. The molecule has 1 aliphatic rings. The molecule has 2 N–H and O–H groups in total. The molecule has 142 valence electrons. The molecule has 3 rings (SSSR count). The number of benzene rings is 2. The topological polar surface area (TPSA) is 59.6 Å². The van der Waals surface area contributed by atoms with Gasteiger partial charge in [-0.05, 0) is 69.6 Å². The molecule has 2 aromatic carbocycles. The highest BCUT2D eigenvalue weighted by Gasteiger charge is 2.51. The fourth-order valence-electron chi connectivity index (χ4n) is 2.58. The number of carbonyl (C=O) groups is 1. The zero-order valence-corrected chi connectivity index (χ0v) is 16.4. The van der Waals surface area contributed by atoms with Crippen LogP contribution >= 0.6 is 11.6 Å². The van der Waals surface area contributed by atoms with Gasteiger partial charge >= 0.3 is 13.1 Å². The fraction of sp³-hybridized carbons (Fsp3) is 0.316. The molecule has 0 unspecified atom stereocenters. The Morgan fingerprint density at radius 3 is 2.19 bits per heavy atom. The van der Waals surface area contributed by atoms with Gasteiger partial charge in [0.1, 0.15) is 5.82 Å². The van der Waals surface area contributed by atoms with Crippen molar-refractivity contribution in [2.75, 3.05) is 10.6 Å². The highest BCUT2D eigenvalue weighted by Crippen LogP contribution is 2.36. The summed E-state index contributed by atoms with van der Waals surface area (Å²) < 4.78 is 25.0. The Kier molecular flexibility index (Phi) is 5.21. The number of hydrogen-bond acceptors (Lipinski definition) is 3. The molecule has 1 fully saturated rings. The smallest absolute Gasteiger partial charge is 0.399 e. The van der Waals surface area contributed by atoms with Crippen molar-refractivity contribution >= 4 is 41.6 Å². The second-order valence-electron chi connectivity index (χ2n) is 7.41. The fourth-order valence-corrected chi connectivity index (χ4v) is 2.75. The van der Waals surface area contributed by atoms with Gasteiger partial charge in [0.25, 0.3) is 0 Å². The average Bonchev–Trinajstić information content (AvgIpc) is 2.79. The van der Waals surface area contributed by atoms with E-state index in [4.69, 9.17) is 20.9 Å². The first kappa shape index (κ1) is 19.7. The molecule has 0 radical (unpaired) electrons. The predicted molar refractivity (Wildman–Crippen MR) is 106 cm³/mol. The summed E-state index contributed by atoms with van der Waals surface area (Å²) in [7, 11) is -0.562. The lowest BCUT2D eigenvalue weighted by molar-refractivity contribution is 0.00578. The van der Waals surface area contributed by atoms with Crippen molar-refractivity contribution in [3.05, 3.63) is 53.3 Å². The van der Waals surface area contributed by atoms with Crippen LogP contribution in [0.5, 0.6) is 0 Å². The number of rotatable bonds is 3. The standard InChI is InChI=1S/C19H21BClFN2O3/c1-18(2)19(3,4)27-20(26-18)12-5-10-15(21)16(11-12)24-17(25)23-14-8-6-13(22)7-9-14/h5-11H,1-4H3,(H2,23,24,25). The van der Waals surface area contributed by atoms with Crippen LogP contribution in [0.2, 0.25) is 5.02 Å². The van der Waals surface area contributed by atoms with Gasteiger partial charge in [-0.15, -0.1) is 0 Å². The molecular formula is C19H21BClFN2O3. The van der Waals surface area contributed by atoms with Gasteiger partial charge in [-0.2, -0.15) is 0 Å². The normalized spacial score (nSPS) is 17.6. The molecule has 2 amide bonds. The molecule has 1 heterocycles. The van der Waals surface area contributed by atoms with Crippen LogP contribution in [0.25, 0.3) is 0 Å². The van der Waals surface area contributed by atoms with Crippen molar-refractivity contribution in [3.8, 4) is 0 Å². The highest BCUT2D eigenvalue weighted by molar-refractivity contribution is 6.62. The number of anilines is 2. The van der Waals surface area contributed by atoms with Crippen LogP contribution in [-0.4, -0.2) is 24.4 Å². The summed E-state index contributed by atoms with van der Waals surface area (Å²) in [5.41, 5.74) is 0.696. The Balaban J connectivity index is 1.74. The van der Waals surface area contributed by atoms with Crippen LogP contribution in [0.3, 0.4) is 0 Å². The van der Waals surface area contributed by atoms with E-state index in [0.29, 0.717) is 16.4 Å². The van der Waals surface area contributed by atoms with Crippen LogP contribution in [0, 0.1) is 5.82 Å². The van der Waals surface area contributed by atoms with Crippen molar-refractivity contribution in [1.82, 2.24) is 0 Å². The summed E-state index contributed by atoms with van der Waals surface area (Å²) >= 11 is 6.21. The Morgan fingerprint density at radius 2 is 1.59 bits per heavy atom. The molecule has 1 saturated heterocycles. The Labute approximate surface area is 163 Å². The first-order valence-electron chi connectivity index (χ1n) is 8.56. The lowest BCUT2D eigenvalue weighted by atomic mass is 9.79. The molecule has 2 aromatic rings. The Morgan fingerprint density at radius 1 is 1.00 bits per heavy atom. The number of nitrogens with one attached hydrogen (secondary N) is 2. The molecule has 27 heavy (non-hydrogen) atoms. The summed E-state index contributed by atoms with van der Waals surface area (Å²) in [4.78, 5) is 12.2. The third-order valence-corrected chi connectivity index (χ3v) is 5.20. The second kappa shape index (κ2) is 7.15. The largest absolute Gasteiger partial charge is 0.494 e. The van der Waals surface area contributed by atoms with Crippen molar-refractivity contribution in [1.29, 1.82) is 0 Å². The van der Waals surface area contributed by atoms with E-state index >= 15 is 0 Å². The monoisotopic (exact) mass is 390 g/mol. The van der Waals surface area contributed by atoms with E-state index in [-0.39, 0.29) is 5.82 Å². The van der Waals surface area contributed by atoms with Gasteiger partial charge in [0.2, 0.25) is 0 Å². The first-order valence-corrected chi connectivity index (χ1v) is 8.94. The second-order valence-corrected chi connectivity index (χ2v) is 7.82. The first-order chi connectivity index (χ1) is 12.6. The SMILES string of the molecule is CC1(C)OB(c2ccc(Cl)c(NC(=O)Nc3ccc(F)cc3)c2)OC1(C)C. The minimum absolute atomic E-state index is 0.376. The number of carbonyl (C=O) groups excluding carboxylic acids is 1. The van der Waals surface area contributed by atoms with Gasteiger partial charge < -0.3 is 19.9 Å². The van der Waals surface area contributed by atoms with E-state index in [2.05, 4.69) is 10.6 Å². The van der Waals surface area contributed by atoms with Crippen molar-refractivity contribution in [2.45, 2.75) is 38.9 Å². The van der Waals surface area contributed by atoms with Crippen LogP contribution in [0.1, 0.15) is 27.7 Å². The molecule has 0 aromatic heterocycles. The molecule has 0 aliphatic carbocycles. The Hall–Kier alpha value is -2.09. The van der Waals surface area contributed by atoms with Crippen LogP contribution < -0.4 is 16.1 Å². The van der Waals surface area contributed by atoms with Crippen molar-refractivity contribution < 1.29 is 18.5 Å². The van der Waals surface area contributed by atoms with E-state index in [1.165, 1.54) is 24.3 Å². The van der Waals surface area contributed by atoms with Gasteiger partial charge in [-0.3, -0.25) is 0 Å². The third kappa shape index (κ3) is 4.26. The van der Waals surface area contributed by atoms with Gasteiger partial charge in [0.15, 0.2) is 0 Å². The Bertz CT molecular complexity index is 843. The summed E-state index contributed by atoms with van der Waals surface area (Å²) in [5, 5.41) is 5.69. The molecule has 1 aliphatic heterocycles. The molecule has 0 atom stereocenters. The van der Waals surface area contributed by atoms with E-state index < -0.39 is 24.4 Å². The maximum absolute atomic E-state index is 13.0. The zero-order valence-electron chi connectivity index (χ0n) is 15.6. The number of hydrogen-bond donors (Lipinski definition) is 2. The summed E-state index contributed by atoms with van der Waals surface area (Å²) in [6, 6.07) is 10.2. The number of urea groups is 1. The maximum Gasteiger partial charge on any atom is 0.494 e. The minimum atomic E-state index is -0.562. The quantitative estimate of drug-likeness (QED) is 0.763. The maximum atomic E-state index is 13.0. The highest BCUT2D eigenvalue weighted by atomic mass is 35.5. The summed E-state index contributed by atoms with van der Waals surface area (Å²) in [5.74, 6) is -0.376. The van der Waals surface area contributed by atoms with E-state index in [1.807, 2.05) is 27.7 Å². The van der Waals surface area contributed by atoms with Gasteiger partial charge in [-0.25, -0.2) is 9.18 Å². The van der Waals surface area contributed by atoms with Crippen molar-refractivity contribution in [3.63, 3.8) is 0 Å². The average molecular weight is 391 g/mol. The van der Waals surface area contributed by atoms with Gasteiger partial charge in [-0.1, -0.05) is 17.7 Å². The van der Waals surface area contributed by atoms with E-state index in [1.54, 1.807) is 18.2 Å². The zero-order chi connectivity index (χ0) is 19.8. The third-order valence-electron chi connectivity index (χ3n) is 4.87. The van der Waals surface area contributed by atoms with Crippen LogP contribution in [0.4, 0.5) is 20.6 Å². The summed E-state index contributed by atoms with van der Waals surface area (Å²) in [6.07, 6.45) is 0. The van der Waals surface area contributed by atoms with Crippen LogP contribution in [0.15, 0.2) is 42.5 Å².